The molecule has 0 saturated carbocycles. The van der Waals surface area contributed by atoms with Crippen LogP contribution >= 0.6 is 0 Å². The van der Waals surface area contributed by atoms with Crippen LogP contribution in [0.3, 0.4) is 0 Å². The molecule has 2 aliphatic heterocycles. The van der Waals surface area contributed by atoms with Gasteiger partial charge in [0.15, 0.2) is 5.96 Å². The summed E-state index contributed by atoms with van der Waals surface area (Å²) >= 11 is 0. The summed E-state index contributed by atoms with van der Waals surface area (Å²) in [6, 6.07) is 8.00. The highest BCUT2D eigenvalue weighted by Crippen LogP contribution is 2.38. The Balaban J connectivity index is 1.54. The number of carbonyl (C=O) groups is 1. The van der Waals surface area contributed by atoms with Crippen molar-refractivity contribution in [3.63, 3.8) is 0 Å². The number of anilines is 1. The molecule has 1 amide bonds. The zero-order valence-corrected chi connectivity index (χ0v) is 16.8. The third-order valence-electron chi connectivity index (χ3n) is 5.39. The zero-order valence-electron chi connectivity index (χ0n) is 16.8. The van der Waals surface area contributed by atoms with Gasteiger partial charge in [0.1, 0.15) is 0 Å². The quantitative estimate of drug-likeness (QED) is 0.616. The molecule has 1 spiro atoms. The van der Waals surface area contributed by atoms with Crippen LogP contribution < -0.4 is 10.6 Å². The van der Waals surface area contributed by atoms with E-state index in [1.807, 2.05) is 39.1 Å². The Morgan fingerprint density at radius 1 is 1.37 bits per heavy atom. The minimum atomic E-state index is 0.0621. The predicted octanol–water partition coefficient (Wildman–Crippen LogP) is 2.86. The molecule has 0 radical (unpaired) electrons. The average molecular weight is 373 g/mol. The fourth-order valence-corrected chi connectivity index (χ4v) is 3.94. The lowest BCUT2D eigenvalue weighted by atomic mass is 9.87. The number of nitrogens with zero attached hydrogens (tertiary/aromatic N) is 2. The van der Waals surface area contributed by atoms with Crippen LogP contribution in [0.2, 0.25) is 0 Å². The Morgan fingerprint density at radius 2 is 2.22 bits per heavy atom. The summed E-state index contributed by atoms with van der Waals surface area (Å²) in [5.74, 6) is 1.35. The number of ether oxygens (including phenoxy) is 1. The van der Waals surface area contributed by atoms with Gasteiger partial charge in [0.25, 0.3) is 0 Å². The van der Waals surface area contributed by atoms with Crippen molar-refractivity contribution < 1.29 is 9.53 Å². The van der Waals surface area contributed by atoms with Crippen LogP contribution in [0.5, 0.6) is 0 Å². The molecule has 0 aromatic heterocycles. The zero-order chi connectivity index (χ0) is 19.3. The largest absolute Gasteiger partial charge is 0.381 e. The van der Waals surface area contributed by atoms with Crippen LogP contribution in [0.25, 0.3) is 0 Å². The van der Waals surface area contributed by atoms with E-state index >= 15 is 0 Å². The van der Waals surface area contributed by atoms with Crippen molar-refractivity contribution in [2.24, 2.45) is 16.3 Å². The smallest absolute Gasteiger partial charge is 0.224 e. The summed E-state index contributed by atoms with van der Waals surface area (Å²) in [7, 11) is 1.83. The minimum Gasteiger partial charge on any atom is -0.381 e. The van der Waals surface area contributed by atoms with E-state index in [0.717, 1.165) is 49.9 Å². The fraction of sp³-hybridized carbons (Fsp3) is 0.619. The molecule has 148 valence electrons. The van der Waals surface area contributed by atoms with Crippen LogP contribution in [0.15, 0.2) is 29.3 Å². The SMILES string of the molecule is CN=C(NCc1cccc(NC(=O)CC(C)C)c1)N1CCC2(CCOC2)C1. The predicted molar refractivity (Wildman–Crippen MR) is 109 cm³/mol. The summed E-state index contributed by atoms with van der Waals surface area (Å²) < 4.78 is 5.62. The normalized spacial score (nSPS) is 22.7. The molecule has 1 atom stereocenters. The van der Waals surface area contributed by atoms with Crippen molar-refractivity contribution in [1.82, 2.24) is 10.2 Å². The monoisotopic (exact) mass is 372 g/mol. The maximum absolute atomic E-state index is 12.0. The van der Waals surface area contributed by atoms with Gasteiger partial charge in [-0.3, -0.25) is 9.79 Å². The minimum absolute atomic E-state index is 0.0621. The van der Waals surface area contributed by atoms with Crippen LogP contribution in [0, 0.1) is 11.3 Å². The lowest BCUT2D eigenvalue weighted by Gasteiger charge is -2.25. The molecule has 1 aromatic carbocycles. The molecule has 2 aliphatic rings. The molecular formula is C21H32N4O2. The first kappa shape index (κ1) is 19.7. The summed E-state index contributed by atoms with van der Waals surface area (Å²) in [5, 5.41) is 6.45. The Hall–Kier alpha value is -2.08. The second-order valence-corrected chi connectivity index (χ2v) is 8.22. The van der Waals surface area contributed by atoms with Gasteiger partial charge >= 0.3 is 0 Å². The number of hydrogen-bond acceptors (Lipinski definition) is 3. The van der Waals surface area contributed by atoms with E-state index in [4.69, 9.17) is 4.74 Å². The third-order valence-corrected chi connectivity index (χ3v) is 5.39. The topological polar surface area (TPSA) is 66.0 Å². The standard InChI is InChI=1S/C21H32N4O2/c1-16(2)11-19(26)24-18-6-4-5-17(12-18)13-23-20(22-3)25-9-7-21(14-25)8-10-27-15-21/h4-6,12,16H,7-11,13-15H2,1-3H3,(H,22,23)(H,24,26). The van der Waals surface area contributed by atoms with Gasteiger partial charge in [-0.05, 0) is 36.5 Å². The van der Waals surface area contributed by atoms with E-state index in [-0.39, 0.29) is 5.91 Å². The van der Waals surface area contributed by atoms with Crippen molar-refractivity contribution in [3.8, 4) is 0 Å². The second-order valence-electron chi connectivity index (χ2n) is 8.22. The van der Waals surface area contributed by atoms with Crippen LogP contribution in [0.1, 0.15) is 38.7 Å². The molecule has 2 fully saturated rings. The molecule has 2 N–H and O–H groups in total. The van der Waals surface area contributed by atoms with E-state index in [1.165, 1.54) is 6.42 Å². The number of aliphatic imine (C=N–C) groups is 1. The van der Waals surface area contributed by atoms with Crippen molar-refractivity contribution in [2.75, 3.05) is 38.7 Å². The van der Waals surface area contributed by atoms with Crippen molar-refractivity contribution in [3.05, 3.63) is 29.8 Å². The molecule has 0 bridgehead atoms. The highest BCUT2D eigenvalue weighted by Gasteiger charge is 2.42. The van der Waals surface area contributed by atoms with Gasteiger partial charge < -0.3 is 20.3 Å². The molecular weight excluding hydrogens is 340 g/mol. The lowest BCUT2D eigenvalue weighted by Crippen LogP contribution is -2.41. The molecule has 3 rings (SSSR count). The number of hydrogen-bond donors (Lipinski definition) is 2. The fourth-order valence-electron chi connectivity index (χ4n) is 3.94. The molecule has 2 saturated heterocycles. The van der Waals surface area contributed by atoms with Crippen LogP contribution in [-0.4, -0.2) is 50.1 Å². The Kier molecular flexibility index (Phi) is 6.37. The molecule has 1 aromatic rings. The first-order valence-electron chi connectivity index (χ1n) is 9.92. The van der Waals surface area contributed by atoms with Gasteiger partial charge in [-0.2, -0.15) is 0 Å². The summed E-state index contributed by atoms with van der Waals surface area (Å²) in [6.07, 6.45) is 2.86. The van der Waals surface area contributed by atoms with E-state index in [1.54, 1.807) is 0 Å². The van der Waals surface area contributed by atoms with E-state index in [9.17, 15) is 4.79 Å². The molecule has 0 aliphatic carbocycles. The molecule has 27 heavy (non-hydrogen) atoms. The average Bonchev–Trinajstić information content (AvgIpc) is 3.25. The van der Waals surface area contributed by atoms with Gasteiger partial charge in [-0.15, -0.1) is 0 Å². The van der Waals surface area contributed by atoms with E-state index < -0.39 is 0 Å². The molecule has 6 heteroatoms. The number of carbonyl (C=O) groups excluding carboxylic acids is 1. The maximum Gasteiger partial charge on any atom is 0.224 e. The van der Waals surface area contributed by atoms with Gasteiger partial charge in [-0.1, -0.05) is 26.0 Å². The van der Waals surface area contributed by atoms with Gasteiger partial charge in [0, 0.05) is 50.8 Å². The van der Waals surface area contributed by atoms with Crippen molar-refractivity contribution >= 4 is 17.6 Å². The van der Waals surface area contributed by atoms with Crippen molar-refractivity contribution in [1.29, 1.82) is 0 Å². The van der Waals surface area contributed by atoms with Crippen LogP contribution in [-0.2, 0) is 16.1 Å². The van der Waals surface area contributed by atoms with Gasteiger partial charge in [0.05, 0.1) is 6.61 Å². The summed E-state index contributed by atoms with van der Waals surface area (Å²) in [6.45, 7) is 8.57. The van der Waals surface area contributed by atoms with Gasteiger partial charge in [0.2, 0.25) is 5.91 Å². The van der Waals surface area contributed by atoms with E-state index in [0.29, 0.717) is 24.3 Å². The molecule has 1 unspecified atom stereocenters. The Bertz CT molecular complexity index is 681. The third kappa shape index (κ3) is 5.22. The molecule has 6 nitrogen and oxygen atoms in total. The number of likely N-dealkylation sites (tertiary alicyclic amines) is 1. The molecule has 2 heterocycles. The number of benzene rings is 1. The first-order valence-corrected chi connectivity index (χ1v) is 9.92. The first-order chi connectivity index (χ1) is 13.0. The number of guanidine groups is 1. The highest BCUT2D eigenvalue weighted by atomic mass is 16.5. The second kappa shape index (κ2) is 8.74. The Morgan fingerprint density at radius 3 is 2.93 bits per heavy atom. The number of rotatable bonds is 5. The lowest BCUT2D eigenvalue weighted by molar-refractivity contribution is -0.116. The van der Waals surface area contributed by atoms with Gasteiger partial charge in [-0.25, -0.2) is 0 Å². The van der Waals surface area contributed by atoms with Crippen LogP contribution in [0.4, 0.5) is 5.69 Å². The summed E-state index contributed by atoms with van der Waals surface area (Å²) in [4.78, 5) is 18.8. The number of amides is 1. The Labute approximate surface area is 162 Å². The maximum atomic E-state index is 12.0. The summed E-state index contributed by atoms with van der Waals surface area (Å²) in [5.41, 5.74) is 2.29. The highest BCUT2D eigenvalue weighted by molar-refractivity contribution is 5.90. The van der Waals surface area contributed by atoms with Crippen molar-refractivity contribution in [2.45, 2.75) is 39.7 Å². The van der Waals surface area contributed by atoms with E-state index in [2.05, 4.69) is 26.6 Å². The number of nitrogens with one attached hydrogen (secondary N) is 2.